The highest BCUT2D eigenvalue weighted by Gasteiger charge is 2.21. The Balaban J connectivity index is 2.05. The first kappa shape index (κ1) is 20.5. The van der Waals surface area contributed by atoms with Crippen molar-refractivity contribution < 1.29 is 14.3 Å². The van der Waals surface area contributed by atoms with Gasteiger partial charge in [0.05, 0.1) is 12.7 Å². The number of carbonyl (C=O) groups is 2. The van der Waals surface area contributed by atoms with Crippen LogP contribution in [0.5, 0.6) is 5.75 Å². The number of nitrogens with one attached hydrogen (secondary N) is 2. The smallest absolute Gasteiger partial charge is 0.258 e. The number of benzene rings is 2. The van der Waals surface area contributed by atoms with Crippen molar-refractivity contribution in [2.75, 3.05) is 17.7 Å². The SMILES string of the molecule is CCCn1c(C)c(C(=O)Nc2cc(NC(C)=O)ccc2C)c2cc(OC)ccc21. The predicted octanol–water partition coefficient (Wildman–Crippen LogP) is 4.89. The van der Waals surface area contributed by atoms with E-state index in [9.17, 15) is 9.59 Å². The zero-order chi connectivity index (χ0) is 21.1. The fraction of sp³-hybridized carbons (Fsp3) is 0.304. The van der Waals surface area contributed by atoms with Crippen LogP contribution in [0, 0.1) is 13.8 Å². The summed E-state index contributed by atoms with van der Waals surface area (Å²) >= 11 is 0. The Morgan fingerprint density at radius 2 is 1.83 bits per heavy atom. The predicted molar refractivity (Wildman–Crippen MR) is 117 cm³/mol. The van der Waals surface area contributed by atoms with E-state index in [1.807, 2.05) is 44.2 Å². The second-order valence-electron chi connectivity index (χ2n) is 7.16. The van der Waals surface area contributed by atoms with Crippen molar-refractivity contribution in [1.82, 2.24) is 4.57 Å². The average molecular weight is 393 g/mol. The molecule has 29 heavy (non-hydrogen) atoms. The quantitative estimate of drug-likeness (QED) is 0.626. The van der Waals surface area contributed by atoms with Crippen molar-refractivity contribution in [3.05, 3.63) is 53.2 Å². The highest BCUT2D eigenvalue weighted by molar-refractivity contribution is 6.14. The first-order valence-electron chi connectivity index (χ1n) is 9.72. The lowest BCUT2D eigenvalue weighted by molar-refractivity contribution is -0.114. The molecule has 0 aliphatic carbocycles. The monoisotopic (exact) mass is 393 g/mol. The summed E-state index contributed by atoms with van der Waals surface area (Å²) in [5, 5.41) is 6.64. The molecule has 6 nitrogen and oxygen atoms in total. The van der Waals surface area contributed by atoms with Crippen LogP contribution in [0.1, 0.15) is 41.9 Å². The number of carbonyl (C=O) groups excluding carboxylic acids is 2. The number of nitrogens with zero attached hydrogens (tertiary/aromatic N) is 1. The normalized spacial score (nSPS) is 10.8. The van der Waals surface area contributed by atoms with Crippen LogP contribution in [0.4, 0.5) is 11.4 Å². The van der Waals surface area contributed by atoms with Gasteiger partial charge in [0.25, 0.3) is 5.91 Å². The van der Waals surface area contributed by atoms with Crippen LogP contribution < -0.4 is 15.4 Å². The molecular formula is C23H27N3O3. The van der Waals surface area contributed by atoms with Crippen molar-refractivity contribution in [2.45, 2.75) is 40.7 Å². The van der Waals surface area contributed by atoms with Crippen molar-refractivity contribution in [3.8, 4) is 5.75 Å². The van der Waals surface area contributed by atoms with Crippen LogP contribution in [0.25, 0.3) is 10.9 Å². The van der Waals surface area contributed by atoms with Gasteiger partial charge in [-0.15, -0.1) is 0 Å². The van der Waals surface area contributed by atoms with E-state index in [1.165, 1.54) is 6.92 Å². The van der Waals surface area contributed by atoms with E-state index in [0.29, 0.717) is 22.7 Å². The molecule has 0 spiro atoms. The lowest BCUT2D eigenvalue weighted by Crippen LogP contribution is -2.15. The molecule has 0 unspecified atom stereocenters. The minimum atomic E-state index is -0.182. The van der Waals surface area contributed by atoms with Crippen LogP contribution >= 0.6 is 0 Å². The van der Waals surface area contributed by atoms with E-state index in [0.717, 1.165) is 35.1 Å². The largest absolute Gasteiger partial charge is 0.497 e. The Kier molecular flexibility index (Phi) is 5.92. The molecule has 2 aromatic carbocycles. The molecule has 0 atom stereocenters. The van der Waals surface area contributed by atoms with Gasteiger partial charge in [-0.05, 0) is 56.2 Å². The summed E-state index contributed by atoms with van der Waals surface area (Å²) in [6.45, 7) is 8.29. The summed E-state index contributed by atoms with van der Waals surface area (Å²) in [7, 11) is 1.62. The molecule has 152 valence electrons. The summed E-state index contributed by atoms with van der Waals surface area (Å²) in [5.41, 5.74) is 4.80. The Morgan fingerprint density at radius 1 is 1.07 bits per heavy atom. The number of hydrogen-bond donors (Lipinski definition) is 2. The van der Waals surface area contributed by atoms with E-state index >= 15 is 0 Å². The van der Waals surface area contributed by atoms with Gasteiger partial charge in [0.15, 0.2) is 0 Å². The molecule has 0 radical (unpaired) electrons. The maximum Gasteiger partial charge on any atom is 0.258 e. The van der Waals surface area contributed by atoms with E-state index in [-0.39, 0.29) is 11.8 Å². The van der Waals surface area contributed by atoms with Crippen molar-refractivity contribution in [3.63, 3.8) is 0 Å². The third kappa shape index (κ3) is 4.11. The molecule has 3 aromatic rings. The fourth-order valence-electron chi connectivity index (χ4n) is 3.61. The van der Waals surface area contributed by atoms with Crippen LogP contribution in [0.15, 0.2) is 36.4 Å². The summed E-state index contributed by atoms with van der Waals surface area (Å²) in [5.74, 6) is 0.374. The third-order valence-electron chi connectivity index (χ3n) is 5.01. The molecule has 2 amide bonds. The lowest BCUT2D eigenvalue weighted by atomic mass is 10.1. The summed E-state index contributed by atoms with van der Waals surface area (Å²) in [6, 6.07) is 11.3. The minimum absolute atomic E-state index is 0.156. The van der Waals surface area contributed by atoms with Gasteiger partial charge in [0.2, 0.25) is 5.91 Å². The number of amides is 2. The Labute approximate surface area is 170 Å². The highest BCUT2D eigenvalue weighted by atomic mass is 16.5. The zero-order valence-electron chi connectivity index (χ0n) is 17.6. The van der Waals surface area contributed by atoms with Gasteiger partial charge >= 0.3 is 0 Å². The van der Waals surface area contributed by atoms with Crippen LogP contribution in [0.2, 0.25) is 0 Å². The van der Waals surface area contributed by atoms with Gasteiger partial charge in [-0.25, -0.2) is 0 Å². The van der Waals surface area contributed by atoms with Gasteiger partial charge in [-0.2, -0.15) is 0 Å². The zero-order valence-corrected chi connectivity index (χ0v) is 17.6. The van der Waals surface area contributed by atoms with Crippen molar-refractivity contribution in [1.29, 1.82) is 0 Å². The lowest BCUT2D eigenvalue weighted by Gasteiger charge is -2.12. The van der Waals surface area contributed by atoms with E-state index in [2.05, 4.69) is 22.1 Å². The highest BCUT2D eigenvalue weighted by Crippen LogP contribution is 2.31. The first-order chi connectivity index (χ1) is 13.8. The number of aryl methyl sites for hydroxylation is 2. The molecule has 0 aliphatic rings. The van der Waals surface area contributed by atoms with Crippen LogP contribution in [-0.2, 0) is 11.3 Å². The minimum Gasteiger partial charge on any atom is -0.497 e. The topological polar surface area (TPSA) is 72.4 Å². The number of ether oxygens (including phenoxy) is 1. The summed E-state index contributed by atoms with van der Waals surface area (Å²) < 4.78 is 7.55. The molecule has 0 aliphatic heterocycles. The summed E-state index contributed by atoms with van der Waals surface area (Å²) in [4.78, 5) is 24.7. The molecule has 2 N–H and O–H groups in total. The fourth-order valence-corrected chi connectivity index (χ4v) is 3.61. The molecular weight excluding hydrogens is 366 g/mol. The van der Waals surface area contributed by atoms with Crippen molar-refractivity contribution >= 4 is 34.1 Å². The number of anilines is 2. The van der Waals surface area contributed by atoms with Crippen molar-refractivity contribution in [2.24, 2.45) is 0 Å². The molecule has 1 aromatic heterocycles. The Hall–Kier alpha value is -3.28. The van der Waals surface area contributed by atoms with E-state index in [4.69, 9.17) is 4.74 Å². The van der Waals surface area contributed by atoms with Crippen LogP contribution in [0.3, 0.4) is 0 Å². The molecule has 3 rings (SSSR count). The third-order valence-corrected chi connectivity index (χ3v) is 5.01. The number of rotatable bonds is 6. The van der Waals surface area contributed by atoms with Gasteiger partial charge in [0.1, 0.15) is 5.75 Å². The number of aromatic nitrogens is 1. The molecule has 0 saturated heterocycles. The molecule has 0 saturated carbocycles. The Bertz CT molecular complexity index is 1080. The Morgan fingerprint density at radius 3 is 2.48 bits per heavy atom. The molecule has 1 heterocycles. The van der Waals surface area contributed by atoms with Gasteiger partial charge in [-0.1, -0.05) is 13.0 Å². The number of fused-ring (bicyclic) bond motifs is 1. The van der Waals surface area contributed by atoms with Gasteiger partial charge in [0, 0.05) is 41.4 Å². The molecule has 0 bridgehead atoms. The molecule has 0 fully saturated rings. The average Bonchev–Trinajstić information content (AvgIpc) is 2.95. The maximum atomic E-state index is 13.3. The van der Waals surface area contributed by atoms with E-state index in [1.54, 1.807) is 13.2 Å². The maximum absolute atomic E-state index is 13.3. The second-order valence-corrected chi connectivity index (χ2v) is 7.16. The van der Waals surface area contributed by atoms with Gasteiger partial charge < -0.3 is 19.9 Å². The van der Waals surface area contributed by atoms with E-state index < -0.39 is 0 Å². The second kappa shape index (κ2) is 8.39. The summed E-state index contributed by atoms with van der Waals surface area (Å²) in [6.07, 6.45) is 0.968. The number of methoxy groups -OCH3 is 1. The first-order valence-corrected chi connectivity index (χ1v) is 9.72. The standard InChI is InChI=1S/C23H27N3O3/c1-6-11-26-15(3)22(19-13-18(29-5)9-10-21(19)26)23(28)25-20-12-17(24-16(4)27)8-7-14(20)2/h7-10,12-13H,6,11H2,1-5H3,(H,24,27)(H,25,28). The van der Waals surface area contributed by atoms with Gasteiger partial charge in [-0.3, -0.25) is 9.59 Å². The number of hydrogen-bond acceptors (Lipinski definition) is 3. The van der Waals surface area contributed by atoms with Crippen LogP contribution in [-0.4, -0.2) is 23.5 Å². The molecule has 6 heteroatoms.